The number of piperazine rings is 1. The summed E-state index contributed by atoms with van der Waals surface area (Å²) in [6.07, 6.45) is 0. The zero-order valence-corrected chi connectivity index (χ0v) is 17.8. The van der Waals surface area contributed by atoms with Crippen molar-refractivity contribution in [2.45, 2.75) is 6.54 Å². The molecule has 1 amide bonds. The van der Waals surface area contributed by atoms with E-state index >= 15 is 0 Å². The molecule has 1 fully saturated rings. The van der Waals surface area contributed by atoms with Gasteiger partial charge in [0.1, 0.15) is 10.6 Å². The van der Waals surface area contributed by atoms with Crippen LogP contribution in [0.1, 0.15) is 16.2 Å². The van der Waals surface area contributed by atoms with Crippen LogP contribution in [0.4, 0.5) is 0 Å². The van der Waals surface area contributed by atoms with Crippen molar-refractivity contribution >= 4 is 39.8 Å². The number of rotatable bonds is 4. The molecule has 0 saturated carbocycles. The number of aromatic nitrogens is 1. The van der Waals surface area contributed by atoms with Crippen molar-refractivity contribution in [2.24, 2.45) is 0 Å². The molecule has 2 aromatic carbocycles. The van der Waals surface area contributed by atoms with Gasteiger partial charge in [0.2, 0.25) is 0 Å². The summed E-state index contributed by atoms with van der Waals surface area (Å²) in [7, 11) is 0. The molecule has 152 valence electrons. The first-order chi connectivity index (χ1) is 14.7. The van der Waals surface area contributed by atoms with E-state index in [9.17, 15) is 4.79 Å². The Bertz CT molecular complexity index is 1140. The summed E-state index contributed by atoms with van der Waals surface area (Å²) in [6.45, 7) is 3.80. The number of furan rings is 1. The summed E-state index contributed by atoms with van der Waals surface area (Å²) in [4.78, 5) is 21.8. The summed E-state index contributed by atoms with van der Waals surface area (Å²) in [5.74, 6) is 0.376. The van der Waals surface area contributed by atoms with Gasteiger partial charge in [0.25, 0.3) is 5.91 Å². The number of benzene rings is 2. The third kappa shape index (κ3) is 3.99. The van der Waals surface area contributed by atoms with E-state index in [0.717, 1.165) is 51.9 Å². The molecule has 0 unspecified atom stereocenters. The predicted molar refractivity (Wildman–Crippen MR) is 120 cm³/mol. The van der Waals surface area contributed by atoms with Crippen molar-refractivity contribution < 1.29 is 9.21 Å². The lowest BCUT2D eigenvalue weighted by Gasteiger charge is -2.33. The molecule has 2 aromatic heterocycles. The normalized spacial score (nSPS) is 15.0. The van der Waals surface area contributed by atoms with Gasteiger partial charge in [-0.3, -0.25) is 9.69 Å². The number of halogens is 1. The summed E-state index contributed by atoms with van der Waals surface area (Å²) < 4.78 is 5.74. The van der Waals surface area contributed by atoms with Gasteiger partial charge < -0.3 is 9.32 Å². The van der Waals surface area contributed by atoms with Crippen molar-refractivity contribution in [1.82, 2.24) is 14.8 Å². The van der Waals surface area contributed by atoms with Crippen LogP contribution in [-0.4, -0.2) is 46.9 Å². The summed E-state index contributed by atoms with van der Waals surface area (Å²) in [6, 6.07) is 17.3. The number of thiazole rings is 1. The third-order valence-corrected chi connectivity index (χ3v) is 6.52. The van der Waals surface area contributed by atoms with E-state index in [-0.39, 0.29) is 5.91 Å². The molecule has 5 rings (SSSR count). The summed E-state index contributed by atoms with van der Waals surface area (Å²) >= 11 is 7.61. The van der Waals surface area contributed by atoms with Crippen LogP contribution in [0.25, 0.3) is 21.5 Å². The first-order valence-corrected chi connectivity index (χ1v) is 11.1. The second-order valence-electron chi connectivity index (χ2n) is 7.37. The molecule has 4 aromatic rings. The van der Waals surface area contributed by atoms with E-state index in [4.69, 9.17) is 21.0 Å². The van der Waals surface area contributed by atoms with Crippen LogP contribution >= 0.6 is 22.9 Å². The lowest BCUT2D eigenvalue weighted by molar-refractivity contribution is 0.0599. The van der Waals surface area contributed by atoms with E-state index in [2.05, 4.69) is 10.3 Å². The van der Waals surface area contributed by atoms with E-state index < -0.39 is 0 Å². The lowest BCUT2D eigenvalue weighted by atomic mass is 10.2. The molecule has 1 aliphatic heterocycles. The molecule has 5 nitrogen and oxygen atoms in total. The molecule has 0 atom stereocenters. The topological polar surface area (TPSA) is 49.6 Å². The van der Waals surface area contributed by atoms with Gasteiger partial charge in [0, 0.05) is 54.1 Å². The van der Waals surface area contributed by atoms with Crippen molar-refractivity contribution in [3.63, 3.8) is 0 Å². The number of para-hydroxylation sites is 1. The maximum atomic E-state index is 12.8. The van der Waals surface area contributed by atoms with E-state index in [1.54, 1.807) is 11.3 Å². The molecule has 0 aliphatic carbocycles. The van der Waals surface area contributed by atoms with Crippen LogP contribution in [0.2, 0.25) is 5.02 Å². The molecule has 1 saturated heterocycles. The zero-order valence-electron chi connectivity index (χ0n) is 16.3. The first-order valence-electron chi connectivity index (χ1n) is 9.86. The molecule has 7 heteroatoms. The van der Waals surface area contributed by atoms with E-state index in [1.165, 1.54) is 0 Å². The minimum atomic E-state index is -0.0375. The Kier molecular flexibility index (Phi) is 5.29. The Labute approximate surface area is 183 Å². The van der Waals surface area contributed by atoms with Gasteiger partial charge in [-0.05, 0) is 24.3 Å². The average Bonchev–Trinajstić information content (AvgIpc) is 3.41. The number of hydrogen-bond donors (Lipinski definition) is 0. The lowest BCUT2D eigenvalue weighted by Crippen LogP contribution is -2.48. The number of hydrogen-bond acceptors (Lipinski definition) is 5. The smallest absolute Gasteiger partial charge is 0.289 e. The summed E-state index contributed by atoms with van der Waals surface area (Å²) in [5, 5.41) is 4.79. The third-order valence-electron chi connectivity index (χ3n) is 5.32. The highest BCUT2D eigenvalue weighted by Crippen LogP contribution is 2.26. The van der Waals surface area contributed by atoms with Crippen LogP contribution in [0.15, 0.2) is 64.4 Å². The van der Waals surface area contributed by atoms with Crippen molar-refractivity contribution in [3.05, 3.63) is 76.5 Å². The molecule has 0 bridgehead atoms. The largest absolute Gasteiger partial charge is 0.451 e. The van der Waals surface area contributed by atoms with Crippen LogP contribution in [0, 0.1) is 0 Å². The second-order valence-corrected chi connectivity index (χ2v) is 8.66. The quantitative estimate of drug-likeness (QED) is 0.442. The number of carbonyl (C=O) groups excluding carboxylic acids is 1. The standard InChI is InChI=1S/C23H20ClN3O2S/c24-18-7-5-16(6-8-18)22-25-19(15-30-22)14-26-9-11-27(12-10-26)23(28)21-13-17-3-1-2-4-20(17)29-21/h1-8,13,15H,9-12,14H2. The maximum Gasteiger partial charge on any atom is 0.289 e. The maximum absolute atomic E-state index is 12.8. The monoisotopic (exact) mass is 437 g/mol. The van der Waals surface area contributed by atoms with Gasteiger partial charge >= 0.3 is 0 Å². The zero-order chi connectivity index (χ0) is 20.5. The molecular weight excluding hydrogens is 418 g/mol. The SMILES string of the molecule is O=C(c1cc2ccccc2o1)N1CCN(Cc2csc(-c3ccc(Cl)cc3)n2)CC1. The highest BCUT2D eigenvalue weighted by Gasteiger charge is 2.25. The molecule has 0 radical (unpaired) electrons. The fourth-order valence-electron chi connectivity index (χ4n) is 3.69. The minimum Gasteiger partial charge on any atom is -0.451 e. The molecule has 1 aliphatic rings. The Morgan fingerprint density at radius 3 is 2.60 bits per heavy atom. The second kappa shape index (κ2) is 8.22. The fourth-order valence-corrected chi connectivity index (χ4v) is 4.63. The highest BCUT2D eigenvalue weighted by molar-refractivity contribution is 7.13. The van der Waals surface area contributed by atoms with Gasteiger partial charge in [-0.1, -0.05) is 41.9 Å². The highest BCUT2D eigenvalue weighted by atomic mass is 35.5. The molecule has 3 heterocycles. The Morgan fingerprint density at radius 1 is 1.07 bits per heavy atom. The van der Waals surface area contributed by atoms with Crippen molar-refractivity contribution in [2.75, 3.05) is 26.2 Å². The van der Waals surface area contributed by atoms with Crippen molar-refractivity contribution in [1.29, 1.82) is 0 Å². The Hall–Kier alpha value is -2.67. The number of fused-ring (bicyclic) bond motifs is 1. The molecular formula is C23H20ClN3O2S. The molecule has 30 heavy (non-hydrogen) atoms. The number of nitrogens with zero attached hydrogens (tertiary/aromatic N) is 3. The number of amides is 1. The molecule has 0 spiro atoms. The summed E-state index contributed by atoms with van der Waals surface area (Å²) in [5.41, 5.74) is 2.89. The van der Waals surface area contributed by atoms with Gasteiger partial charge in [0.15, 0.2) is 5.76 Å². The number of carbonyl (C=O) groups is 1. The minimum absolute atomic E-state index is 0.0375. The molecule has 0 N–H and O–H groups in total. The Morgan fingerprint density at radius 2 is 1.83 bits per heavy atom. The van der Waals surface area contributed by atoms with Gasteiger partial charge in [-0.25, -0.2) is 4.98 Å². The van der Waals surface area contributed by atoms with E-state index in [1.807, 2.05) is 59.5 Å². The average molecular weight is 438 g/mol. The van der Waals surface area contributed by atoms with Gasteiger partial charge in [-0.2, -0.15) is 0 Å². The van der Waals surface area contributed by atoms with Crippen LogP contribution in [0.3, 0.4) is 0 Å². The Balaban J connectivity index is 1.19. The predicted octanol–water partition coefficient (Wildman–Crippen LogP) is 5.17. The van der Waals surface area contributed by atoms with Crippen LogP contribution in [-0.2, 0) is 6.54 Å². The van der Waals surface area contributed by atoms with Crippen LogP contribution in [0.5, 0.6) is 0 Å². The van der Waals surface area contributed by atoms with Gasteiger partial charge in [-0.15, -0.1) is 11.3 Å². The van der Waals surface area contributed by atoms with Crippen LogP contribution < -0.4 is 0 Å². The van der Waals surface area contributed by atoms with E-state index in [0.29, 0.717) is 18.8 Å². The fraction of sp³-hybridized carbons (Fsp3) is 0.217. The first kappa shape index (κ1) is 19.3. The van der Waals surface area contributed by atoms with Crippen molar-refractivity contribution in [3.8, 4) is 10.6 Å². The van der Waals surface area contributed by atoms with Gasteiger partial charge in [0.05, 0.1) is 5.69 Å².